The van der Waals surface area contributed by atoms with Gasteiger partial charge in [-0.25, -0.2) is 9.13 Å². The molecule has 6 aromatic carbocycles. The molecule has 0 spiro atoms. The number of hydrogen-bond acceptors (Lipinski definition) is 2. The topological polar surface area (TPSA) is 22.4 Å². The maximum Gasteiger partial charge on any atom is 0.565 e. The van der Waals surface area contributed by atoms with Crippen LogP contribution in [0.1, 0.15) is 97.7 Å². The summed E-state index contributed by atoms with van der Waals surface area (Å²) < 4.78 is 72.1. The van der Waals surface area contributed by atoms with Crippen LogP contribution in [0.25, 0.3) is 22.3 Å². The lowest BCUT2D eigenvalue weighted by Gasteiger charge is -2.29. The van der Waals surface area contributed by atoms with Gasteiger partial charge in [0, 0.05) is 81.7 Å². The lowest BCUT2D eigenvalue weighted by molar-refractivity contribution is -0.676. The van der Waals surface area contributed by atoms with Crippen LogP contribution in [0.3, 0.4) is 0 Å². The molecular weight excluding hydrogens is 977 g/mol. The predicted molar refractivity (Wildman–Crippen MR) is 310 cm³/mol. The SMILES string of the molecule is CC1=C(C)C(C)=[N+]2C1=C(c1ccc(N(c3ccccc3)c3cccc(-c4cccc(N(c5ccccc5)c5ccc(C6=C7C(C)=C(C)C(C)=[N+]7C(F)(F)n7c(C)c(C)c(C)c76)cc5)c4)c3)cc1)c1c(C)c(C)c(C)n1C2(F)F. The Bertz CT molecular complexity index is 3800. The molecule has 2 aromatic heterocycles. The summed E-state index contributed by atoms with van der Waals surface area (Å²) in [6, 6.07) is 54.2. The van der Waals surface area contributed by atoms with Crippen LogP contribution >= 0.6 is 0 Å². The number of rotatable bonds is 9. The molecule has 8 aromatic rings. The monoisotopic (exact) mass is 1040 g/mol. The Morgan fingerprint density at radius 2 is 0.654 bits per heavy atom. The smallest absolute Gasteiger partial charge is 0.310 e. The summed E-state index contributed by atoms with van der Waals surface area (Å²) in [5.74, 6) is 0. The summed E-state index contributed by atoms with van der Waals surface area (Å²) in [4.78, 5) is 4.46. The number of allylic oxidation sites excluding steroid dienone is 4. The van der Waals surface area contributed by atoms with E-state index >= 15 is 17.6 Å². The van der Waals surface area contributed by atoms with E-state index in [4.69, 9.17) is 0 Å². The van der Waals surface area contributed by atoms with Crippen molar-refractivity contribution in [3.63, 3.8) is 0 Å². The Labute approximate surface area is 454 Å². The molecule has 6 heterocycles. The number of para-hydroxylation sites is 2. The van der Waals surface area contributed by atoms with Crippen molar-refractivity contribution in [2.75, 3.05) is 9.80 Å². The molecule has 4 aliphatic rings. The van der Waals surface area contributed by atoms with Gasteiger partial charge in [-0.05, 0) is 187 Å². The third-order valence-corrected chi connectivity index (χ3v) is 17.5. The van der Waals surface area contributed by atoms with E-state index in [-0.39, 0.29) is 0 Å². The zero-order chi connectivity index (χ0) is 55.0. The zero-order valence-electron chi connectivity index (χ0n) is 46.2. The van der Waals surface area contributed by atoms with Crippen LogP contribution in [0.15, 0.2) is 191 Å². The second-order valence-electron chi connectivity index (χ2n) is 21.4. The van der Waals surface area contributed by atoms with Crippen LogP contribution in [0, 0.1) is 41.5 Å². The van der Waals surface area contributed by atoms with Crippen LogP contribution < -0.4 is 9.80 Å². The summed E-state index contributed by atoms with van der Waals surface area (Å²) in [5, 5.41) is 0. The first-order chi connectivity index (χ1) is 37.2. The van der Waals surface area contributed by atoms with Crippen LogP contribution in [0.4, 0.5) is 51.7 Å². The van der Waals surface area contributed by atoms with Gasteiger partial charge >= 0.3 is 12.3 Å². The first-order valence-corrected chi connectivity index (χ1v) is 26.6. The van der Waals surface area contributed by atoms with Gasteiger partial charge in [0.05, 0.1) is 22.5 Å². The highest BCUT2D eigenvalue weighted by atomic mass is 19.3. The molecule has 0 N–H and O–H groups in total. The minimum absolute atomic E-state index is 0.550. The molecule has 0 aliphatic carbocycles. The van der Waals surface area contributed by atoms with Gasteiger partial charge in [-0.1, -0.05) is 84.9 Å². The van der Waals surface area contributed by atoms with Crippen molar-refractivity contribution in [2.45, 2.75) is 95.4 Å². The Morgan fingerprint density at radius 1 is 0.333 bits per heavy atom. The first-order valence-electron chi connectivity index (χ1n) is 26.6. The molecule has 12 rings (SSSR count). The number of aromatic nitrogens is 2. The average molecular weight is 1040 g/mol. The number of fused-ring (bicyclic) bond motifs is 4. The Kier molecular flexibility index (Phi) is 11.6. The van der Waals surface area contributed by atoms with Crippen LogP contribution in [0.5, 0.6) is 0 Å². The fraction of sp³-hybridized carbons (Fsp3) is 0.206. The summed E-state index contributed by atoms with van der Waals surface area (Å²) >= 11 is 0. The minimum Gasteiger partial charge on any atom is -0.310 e. The van der Waals surface area contributed by atoms with Gasteiger partial charge < -0.3 is 9.80 Å². The molecule has 0 amide bonds. The number of anilines is 6. The molecule has 0 radical (unpaired) electrons. The molecule has 0 saturated carbocycles. The van der Waals surface area contributed by atoms with Crippen molar-refractivity contribution in [1.29, 1.82) is 0 Å². The molecule has 6 nitrogen and oxygen atoms in total. The fourth-order valence-corrected chi connectivity index (χ4v) is 12.6. The lowest BCUT2D eigenvalue weighted by Crippen LogP contribution is -2.43. The molecule has 0 atom stereocenters. The van der Waals surface area contributed by atoms with E-state index in [0.29, 0.717) is 45.6 Å². The third kappa shape index (κ3) is 7.21. The molecular formula is C68H62F4N6+2. The maximum atomic E-state index is 16.8. The van der Waals surface area contributed by atoms with Gasteiger partial charge in [-0.15, -0.1) is 26.7 Å². The predicted octanol–water partition coefficient (Wildman–Crippen LogP) is 18.0. The third-order valence-electron chi connectivity index (χ3n) is 17.5. The van der Waals surface area contributed by atoms with Crippen molar-refractivity contribution in [2.24, 2.45) is 0 Å². The van der Waals surface area contributed by atoms with E-state index in [1.54, 1.807) is 27.7 Å². The maximum absolute atomic E-state index is 16.8. The molecule has 0 fully saturated rings. The normalized spacial score (nSPS) is 16.4. The van der Waals surface area contributed by atoms with Gasteiger partial charge in [0.2, 0.25) is 11.4 Å². The summed E-state index contributed by atoms with van der Waals surface area (Å²) in [6.45, 7) is 22.7. The van der Waals surface area contributed by atoms with E-state index in [0.717, 1.165) is 112 Å². The van der Waals surface area contributed by atoms with Crippen LogP contribution in [-0.2, 0) is 12.3 Å². The zero-order valence-corrected chi connectivity index (χ0v) is 46.2. The number of alkyl halides is 4. The molecule has 4 aliphatic heterocycles. The Morgan fingerprint density at radius 3 is 1.00 bits per heavy atom. The van der Waals surface area contributed by atoms with E-state index in [9.17, 15) is 0 Å². The summed E-state index contributed by atoms with van der Waals surface area (Å²) in [6.07, 6.45) is -6.56. The lowest BCUT2D eigenvalue weighted by atomic mass is 9.92. The van der Waals surface area contributed by atoms with E-state index in [1.807, 2.05) is 91.8 Å². The number of benzene rings is 6. The second kappa shape index (κ2) is 18.0. The van der Waals surface area contributed by atoms with Gasteiger partial charge in [0.15, 0.2) is 11.4 Å². The number of halogens is 4. The van der Waals surface area contributed by atoms with Gasteiger partial charge in [-0.3, -0.25) is 0 Å². The number of nitrogens with zero attached hydrogens (tertiary/aromatic N) is 6. The van der Waals surface area contributed by atoms with Crippen molar-refractivity contribution in [1.82, 2.24) is 9.13 Å². The van der Waals surface area contributed by atoms with E-state index in [1.165, 1.54) is 18.3 Å². The quantitative estimate of drug-likeness (QED) is 0.0817. The largest absolute Gasteiger partial charge is 0.565 e. The standard InChI is InChI=1S/C68H62F4N6/c1-39-43(5)63-61(64-44(6)40(2)48(10)76(64)67(69,70)75(63)47(39)9)51-29-33-57(34-30-51)73(55-23-15-13-16-24-55)59-27-19-21-53(37-59)54-22-20-28-60(38-54)74(56-25-17-14-18-26-56)58-35-31-52(32-36-58)62-65-45(7)41(3)49(11)77(65)68(71,72)78-50(12)42(4)46(8)66(62)78/h13-38H,1-12H3/q+2. The average Bonchev–Trinajstić information content (AvgIpc) is 3.75. The van der Waals surface area contributed by atoms with Gasteiger partial charge in [-0.2, -0.15) is 0 Å². The molecule has 390 valence electrons. The first kappa shape index (κ1) is 50.3. The van der Waals surface area contributed by atoms with Crippen molar-refractivity contribution >= 4 is 56.7 Å². The molecule has 0 unspecified atom stereocenters. The van der Waals surface area contributed by atoms with E-state index in [2.05, 4.69) is 131 Å². The van der Waals surface area contributed by atoms with Gasteiger partial charge in [0.1, 0.15) is 0 Å². The minimum atomic E-state index is -3.28. The van der Waals surface area contributed by atoms with Crippen LogP contribution in [0.2, 0.25) is 0 Å². The fourth-order valence-electron chi connectivity index (χ4n) is 12.6. The second-order valence-corrected chi connectivity index (χ2v) is 21.4. The Hall–Kier alpha value is -8.50. The highest BCUT2D eigenvalue weighted by molar-refractivity contribution is 6.01. The van der Waals surface area contributed by atoms with Crippen molar-refractivity contribution in [3.05, 3.63) is 248 Å². The van der Waals surface area contributed by atoms with Crippen molar-refractivity contribution in [3.8, 4) is 11.1 Å². The molecule has 78 heavy (non-hydrogen) atoms. The van der Waals surface area contributed by atoms with Crippen molar-refractivity contribution < 1.29 is 26.7 Å². The number of hydrogen-bond donors (Lipinski definition) is 0. The Balaban J connectivity index is 0.930. The van der Waals surface area contributed by atoms with Crippen LogP contribution in [-0.4, -0.2) is 29.7 Å². The molecule has 0 saturated heterocycles. The molecule has 0 bridgehead atoms. The van der Waals surface area contributed by atoms with Gasteiger partial charge in [0.25, 0.3) is 0 Å². The highest BCUT2D eigenvalue weighted by Crippen LogP contribution is 2.52. The summed E-state index contributed by atoms with van der Waals surface area (Å²) in [5.41, 5.74) is 22.3. The van der Waals surface area contributed by atoms with E-state index < -0.39 is 12.3 Å². The summed E-state index contributed by atoms with van der Waals surface area (Å²) in [7, 11) is 0. The highest BCUT2D eigenvalue weighted by Gasteiger charge is 2.60. The molecule has 10 heteroatoms.